The van der Waals surface area contributed by atoms with Crippen LogP contribution < -0.4 is 0 Å². The van der Waals surface area contributed by atoms with Crippen LogP contribution in [0.4, 0.5) is 0 Å². The molecule has 2 rings (SSSR count). The van der Waals surface area contributed by atoms with Crippen LogP contribution >= 0.6 is 0 Å². The van der Waals surface area contributed by atoms with Gasteiger partial charge in [-0.3, -0.25) is 4.79 Å². The van der Waals surface area contributed by atoms with E-state index in [9.17, 15) is 10.1 Å². The van der Waals surface area contributed by atoms with E-state index in [2.05, 4.69) is 36.0 Å². The Morgan fingerprint density at radius 2 is 2.00 bits per heavy atom. The molecule has 0 amide bonds. The van der Waals surface area contributed by atoms with E-state index in [1.54, 1.807) is 13.0 Å². The Hall–Kier alpha value is -2.02. The zero-order valence-corrected chi connectivity index (χ0v) is 14.1. The van der Waals surface area contributed by atoms with E-state index in [0.29, 0.717) is 11.5 Å². The first-order valence-electron chi connectivity index (χ1n) is 7.59. The molecule has 1 fully saturated rings. The average molecular weight is 297 g/mol. The summed E-state index contributed by atoms with van der Waals surface area (Å²) in [6.07, 6.45) is 2.15. The quantitative estimate of drug-likeness (QED) is 0.798. The highest BCUT2D eigenvalue weighted by atomic mass is 16.1. The zero-order chi connectivity index (χ0) is 16.7. The van der Waals surface area contributed by atoms with Crippen molar-refractivity contribution in [3.05, 3.63) is 34.9 Å². The van der Waals surface area contributed by atoms with Gasteiger partial charge in [-0.25, -0.2) is 9.97 Å². The monoisotopic (exact) mass is 297 g/mol. The second-order valence-corrected chi connectivity index (χ2v) is 7.01. The molecule has 0 unspecified atom stereocenters. The molecule has 3 atom stereocenters. The van der Waals surface area contributed by atoms with Crippen molar-refractivity contribution in [2.24, 2.45) is 17.3 Å². The summed E-state index contributed by atoms with van der Waals surface area (Å²) in [5.74, 6) is -0.126. The normalized spacial score (nSPS) is 23.3. The standard InChI is InChI=1S/C18H23N3O/c1-10(2)7-14-16(18(14,5)6)17(22)13(9-19)15-8-11(3)20-12(4)21-15/h7-8,13-14,16H,1-6H3/t13-,14-,16+/m1/s1. The minimum atomic E-state index is -0.805. The first-order chi connectivity index (χ1) is 10.2. The van der Waals surface area contributed by atoms with Gasteiger partial charge in [-0.15, -0.1) is 0 Å². The van der Waals surface area contributed by atoms with Gasteiger partial charge >= 0.3 is 0 Å². The third-order valence-corrected chi connectivity index (χ3v) is 4.43. The van der Waals surface area contributed by atoms with Crippen LogP contribution in [0.3, 0.4) is 0 Å². The van der Waals surface area contributed by atoms with Gasteiger partial charge in [0.15, 0.2) is 5.78 Å². The Bertz CT molecular complexity index is 658. The molecule has 1 aliphatic rings. The summed E-state index contributed by atoms with van der Waals surface area (Å²) in [4.78, 5) is 21.4. The summed E-state index contributed by atoms with van der Waals surface area (Å²) < 4.78 is 0. The Balaban J connectivity index is 2.31. The molecule has 0 bridgehead atoms. The summed E-state index contributed by atoms with van der Waals surface area (Å²) in [6.45, 7) is 11.9. The molecular formula is C18H23N3O. The van der Waals surface area contributed by atoms with E-state index >= 15 is 0 Å². The van der Waals surface area contributed by atoms with Crippen molar-refractivity contribution in [2.45, 2.75) is 47.5 Å². The number of allylic oxidation sites excluding steroid dienone is 2. The molecule has 0 aromatic carbocycles. The lowest BCUT2D eigenvalue weighted by molar-refractivity contribution is -0.121. The van der Waals surface area contributed by atoms with Gasteiger partial charge in [-0.2, -0.15) is 5.26 Å². The molecule has 1 aliphatic carbocycles. The van der Waals surface area contributed by atoms with Crippen molar-refractivity contribution < 1.29 is 4.79 Å². The molecule has 0 saturated heterocycles. The molecule has 116 valence electrons. The number of aromatic nitrogens is 2. The molecular weight excluding hydrogens is 274 g/mol. The number of carbonyl (C=O) groups is 1. The molecule has 0 aliphatic heterocycles. The number of carbonyl (C=O) groups excluding carboxylic acids is 1. The summed E-state index contributed by atoms with van der Waals surface area (Å²) >= 11 is 0. The second kappa shape index (κ2) is 5.64. The van der Waals surface area contributed by atoms with Crippen LogP contribution in [-0.4, -0.2) is 15.8 Å². The van der Waals surface area contributed by atoms with Crippen molar-refractivity contribution in [3.8, 4) is 6.07 Å². The number of aryl methyl sites for hydroxylation is 2. The molecule has 22 heavy (non-hydrogen) atoms. The van der Waals surface area contributed by atoms with Crippen LogP contribution in [0.5, 0.6) is 0 Å². The van der Waals surface area contributed by atoms with Crippen LogP contribution in [0.1, 0.15) is 50.8 Å². The summed E-state index contributed by atoms with van der Waals surface area (Å²) in [5, 5.41) is 9.50. The molecule has 1 saturated carbocycles. The zero-order valence-electron chi connectivity index (χ0n) is 14.1. The molecule has 4 heteroatoms. The van der Waals surface area contributed by atoms with Gasteiger partial charge in [0.1, 0.15) is 11.7 Å². The number of hydrogen-bond donors (Lipinski definition) is 0. The minimum absolute atomic E-state index is 0.0208. The minimum Gasteiger partial charge on any atom is -0.297 e. The highest BCUT2D eigenvalue weighted by Crippen LogP contribution is 2.60. The van der Waals surface area contributed by atoms with Gasteiger partial charge in [0.2, 0.25) is 0 Å². The van der Waals surface area contributed by atoms with E-state index in [1.807, 2.05) is 20.8 Å². The Kier molecular flexibility index (Phi) is 4.19. The predicted octanol–water partition coefficient (Wildman–Crippen LogP) is 3.51. The van der Waals surface area contributed by atoms with Gasteiger partial charge in [-0.05, 0) is 45.1 Å². The maximum absolute atomic E-state index is 12.9. The summed E-state index contributed by atoms with van der Waals surface area (Å²) in [7, 11) is 0. The number of nitrogens with zero attached hydrogens (tertiary/aromatic N) is 3. The van der Waals surface area contributed by atoms with E-state index in [4.69, 9.17) is 0 Å². The number of ketones is 1. The van der Waals surface area contributed by atoms with Crippen molar-refractivity contribution >= 4 is 5.78 Å². The molecule has 0 radical (unpaired) electrons. The fraction of sp³-hybridized carbons (Fsp3) is 0.556. The lowest BCUT2D eigenvalue weighted by Crippen LogP contribution is -2.18. The Morgan fingerprint density at radius 3 is 2.50 bits per heavy atom. The van der Waals surface area contributed by atoms with Crippen molar-refractivity contribution in [3.63, 3.8) is 0 Å². The maximum Gasteiger partial charge on any atom is 0.160 e. The predicted molar refractivity (Wildman–Crippen MR) is 85.1 cm³/mol. The van der Waals surface area contributed by atoms with Crippen molar-refractivity contribution in [2.75, 3.05) is 0 Å². The number of hydrogen-bond acceptors (Lipinski definition) is 4. The lowest BCUT2D eigenvalue weighted by Gasteiger charge is -2.10. The molecule has 1 heterocycles. The molecule has 4 nitrogen and oxygen atoms in total. The SMILES string of the molecule is CC(C)=C[C@@H]1[C@@H](C(=O)[C@H](C#N)c2cc(C)nc(C)n2)C1(C)C. The molecule has 0 spiro atoms. The van der Waals surface area contributed by atoms with Gasteiger partial charge in [-0.1, -0.05) is 25.5 Å². The van der Waals surface area contributed by atoms with Crippen LogP contribution in [0.2, 0.25) is 0 Å². The van der Waals surface area contributed by atoms with Crippen LogP contribution in [-0.2, 0) is 4.79 Å². The number of Topliss-reactive ketones (excluding diaryl/α,β-unsaturated/α-hetero) is 1. The van der Waals surface area contributed by atoms with E-state index in [-0.39, 0.29) is 23.0 Å². The fourth-order valence-electron chi connectivity index (χ4n) is 3.24. The topological polar surface area (TPSA) is 66.6 Å². The van der Waals surface area contributed by atoms with Gasteiger partial charge < -0.3 is 0 Å². The van der Waals surface area contributed by atoms with Crippen LogP contribution in [0.15, 0.2) is 17.7 Å². The molecule has 0 N–H and O–H groups in total. The van der Waals surface area contributed by atoms with Crippen LogP contribution in [0, 0.1) is 42.4 Å². The average Bonchev–Trinajstić information content (AvgIpc) is 2.89. The lowest BCUT2D eigenvalue weighted by atomic mass is 9.94. The van der Waals surface area contributed by atoms with E-state index in [0.717, 1.165) is 5.69 Å². The van der Waals surface area contributed by atoms with Crippen LogP contribution in [0.25, 0.3) is 0 Å². The Morgan fingerprint density at radius 1 is 1.36 bits per heavy atom. The third-order valence-electron chi connectivity index (χ3n) is 4.43. The Labute approximate surface area is 132 Å². The van der Waals surface area contributed by atoms with Gasteiger partial charge in [0.25, 0.3) is 0 Å². The molecule has 1 aromatic rings. The maximum atomic E-state index is 12.9. The smallest absolute Gasteiger partial charge is 0.160 e. The summed E-state index contributed by atoms with van der Waals surface area (Å²) in [5.41, 5.74) is 2.43. The molecule has 1 aromatic heterocycles. The highest BCUT2D eigenvalue weighted by Gasteiger charge is 2.61. The van der Waals surface area contributed by atoms with Crippen molar-refractivity contribution in [1.29, 1.82) is 5.26 Å². The first-order valence-corrected chi connectivity index (χ1v) is 7.59. The largest absolute Gasteiger partial charge is 0.297 e. The fourth-order valence-corrected chi connectivity index (χ4v) is 3.24. The number of nitriles is 1. The van der Waals surface area contributed by atoms with Crippen molar-refractivity contribution in [1.82, 2.24) is 9.97 Å². The second-order valence-electron chi connectivity index (χ2n) is 7.01. The first kappa shape index (κ1) is 16.4. The highest BCUT2D eigenvalue weighted by molar-refractivity contribution is 5.93. The van der Waals surface area contributed by atoms with Gasteiger partial charge in [0, 0.05) is 11.6 Å². The number of rotatable bonds is 4. The van der Waals surface area contributed by atoms with Gasteiger partial charge in [0.05, 0.1) is 11.8 Å². The summed E-state index contributed by atoms with van der Waals surface area (Å²) in [6, 6.07) is 3.89. The van der Waals surface area contributed by atoms with E-state index < -0.39 is 5.92 Å². The van der Waals surface area contributed by atoms with E-state index in [1.165, 1.54) is 5.57 Å². The third kappa shape index (κ3) is 2.94.